The fraction of sp³-hybridized carbons (Fsp3) is 0.562. The van der Waals surface area contributed by atoms with E-state index in [1.807, 2.05) is 13.0 Å². The van der Waals surface area contributed by atoms with E-state index < -0.39 is 0 Å². The van der Waals surface area contributed by atoms with Gasteiger partial charge in [-0.2, -0.15) is 0 Å². The van der Waals surface area contributed by atoms with Gasteiger partial charge in [-0.05, 0) is 49.9 Å². The molecule has 1 aromatic carbocycles. The summed E-state index contributed by atoms with van der Waals surface area (Å²) >= 11 is 0. The van der Waals surface area contributed by atoms with Gasteiger partial charge in [-0.3, -0.25) is 4.79 Å². The summed E-state index contributed by atoms with van der Waals surface area (Å²) in [5.41, 5.74) is 6.70. The van der Waals surface area contributed by atoms with Gasteiger partial charge in [0.05, 0.1) is 6.04 Å². The van der Waals surface area contributed by atoms with Gasteiger partial charge < -0.3 is 16.2 Å². The summed E-state index contributed by atoms with van der Waals surface area (Å²) in [7, 11) is 0. The number of phenols is 1. The van der Waals surface area contributed by atoms with Gasteiger partial charge in [0.25, 0.3) is 0 Å². The SMILES string of the molecule is CC(NC(=O)C1CCCCC1CN)c1cccc(O)c1. The molecule has 0 bridgehead atoms. The Labute approximate surface area is 120 Å². The first-order valence-electron chi connectivity index (χ1n) is 7.41. The number of phenolic OH excluding ortho intramolecular Hbond substituents is 1. The van der Waals surface area contributed by atoms with Crippen LogP contribution in [0.25, 0.3) is 0 Å². The van der Waals surface area contributed by atoms with Gasteiger partial charge in [0, 0.05) is 5.92 Å². The molecule has 1 amide bonds. The van der Waals surface area contributed by atoms with Crippen LogP contribution in [0.3, 0.4) is 0 Å². The molecule has 1 aliphatic carbocycles. The zero-order valence-electron chi connectivity index (χ0n) is 12.0. The molecule has 0 spiro atoms. The lowest BCUT2D eigenvalue weighted by Crippen LogP contribution is -2.40. The second kappa shape index (κ2) is 6.75. The van der Waals surface area contributed by atoms with Crippen LogP contribution in [0.5, 0.6) is 5.75 Å². The van der Waals surface area contributed by atoms with Gasteiger partial charge in [-0.1, -0.05) is 25.0 Å². The van der Waals surface area contributed by atoms with Crippen molar-refractivity contribution in [3.05, 3.63) is 29.8 Å². The van der Waals surface area contributed by atoms with E-state index >= 15 is 0 Å². The van der Waals surface area contributed by atoms with Crippen molar-refractivity contribution in [1.82, 2.24) is 5.32 Å². The average molecular weight is 276 g/mol. The summed E-state index contributed by atoms with van der Waals surface area (Å²) < 4.78 is 0. The molecule has 0 aromatic heterocycles. The third-order valence-corrected chi connectivity index (χ3v) is 4.28. The van der Waals surface area contributed by atoms with E-state index in [0.29, 0.717) is 12.5 Å². The highest BCUT2D eigenvalue weighted by Gasteiger charge is 2.30. The van der Waals surface area contributed by atoms with Crippen LogP contribution in [-0.2, 0) is 4.79 Å². The van der Waals surface area contributed by atoms with Crippen molar-refractivity contribution in [2.24, 2.45) is 17.6 Å². The van der Waals surface area contributed by atoms with Crippen molar-refractivity contribution in [2.75, 3.05) is 6.54 Å². The van der Waals surface area contributed by atoms with E-state index in [2.05, 4.69) is 5.32 Å². The molecule has 1 saturated carbocycles. The molecule has 110 valence electrons. The van der Waals surface area contributed by atoms with Crippen LogP contribution < -0.4 is 11.1 Å². The number of nitrogens with two attached hydrogens (primary N) is 1. The number of hydrogen-bond acceptors (Lipinski definition) is 3. The maximum atomic E-state index is 12.4. The van der Waals surface area contributed by atoms with Gasteiger partial charge in [0.15, 0.2) is 0 Å². The van der Waals surface area contributed by atoms with E-state index in [-0.39, 0.29) is 23.6 Å². The van der Waals surface area contributed by atoms with Crippen molar-refractivity contribution in [3.63, 3.8) is 0 Å². The third-order valence-electron chi connectivity index (χ3n) is 4.28. The van der Waals surface area contributed by atoms with E-state index in [9.17, 15) is 9.90 Å². The molecule has 1 aliphatic rings. The molecule has 4 nitrogen and oxygen atoms in total. The lowest BCUT2D eigenvalue weighted by molar-refractivity contribution is -0.128. The second-order valence-corrected chi connectivity index (χ2v) is 5.71. The van der Waals surface area contributed by atoms with Crippen LogP contribution in [0.1, 0.15) is 44.2 Å². The van der Waals surface area contributed by atoms with Crippen molar-refractivity contribution in [3.8, 4) is 5.75 Å². The fourth-order valence-electron chi connectivity index (χ4n) is 3.03. The van der Waals surface area contributed by atoms with Crippen LogP contribution in [0, 0.1) is 11.8 Å². The summed E-state index contributed by atoms with van der Waals surface area (Å²) in [5.74, 6) is 0.658. The minimum Gasteiger partial charge on any atom is -0.508 e. The Hall–Kier alpha value is -1.55. The van der Waals surface area contributed by atoms with Crippen molar-refractivity contribution < 1.29 is 9.90 Å². The molecule has 0 saturated heterocycles. The number of nitrogens with one attached hydrogen (secondary N) is 1. The summed E-state index contributed by atoms with van der Waals surface area (Å²) in [6.07, 6.45) is 4.26. The Morgan fingerprint density at radius 1 is 1.45 bits per heavy atom. The molecule has 1 fully saturated rings. The van der Waals surface area contributed by atoms with Gasteiger partial charge in [-0.15, -0.1) is 0 Å². The minimum atomic E-state index is -0.102. The maximum Gasteiger partial charge on any atom is 0.223 e. The van der Waals surface area contributed by atoms with E-state index in [1.165, 1.54) is 6.42 Å². The predicted molar refractivity (Wildman–Crippen MR) is 79.2 cm³/mol. The fourth-order valence-corrected chi connectivity index (χ4v) is 3.03. The maximum absolute atomic E-state index is 12.4. The van der Waals surface area contributed by atoms with Crippen LogP contribution in [0.4, 0.5) is 0 Å². The van der Waals surface area contributed by atoms with Crippen molar-refractivity contribution >= 4 is 5.91 Å². The van der Waals surface area contributed by atoms with E-state index in [1.54, 1.807) is 18.2 Å². The van der Waals surface area contributed by atoms with Crippen molar-refractivity contribution in [1.29, 1.82) is 0 Å². The molecular weight excluding hydrogens is 252 g/mol. The highest BCUT2D eigenvalue weighted by Crippen LogP contribution is 2.30. The third kappa shape index (κ3) is 3.51. The van der Waals surface area contributed by atoms with Crippen molar-refractivity contribution in [2.45, 2.75) is 38.6 Å². The smallest absolute Gasteiger partial charge is 0.223 e. The molecule has 20 heavy (non-hydrogen) atoms. The summed E-state index contributed by atoms with van der Waals surface area (Å²) in [6, 6.07) is 6.91. The summed E-state index contributed by atoms with van der Waals surface area (Å²) in [4.78, 5) is 12.4. The van der Waals surface area contributed by atoms with E-state index in [0.717, 1.165) is 24.8 Å². The Morgan fingerprint density at radius 2 is 2.20 bits per heavy atom. The number of benzene rings is 1. The van der Waals surface area contributed by atoms with Gasteiger partial charge in [0.2, 0.25) is 5.91 Å². The van der Waals surface area contributed by atoms with Crippen LogP contribution in [0.15, 0.2) is 24.3 Å². The van der Waals surface area contributed by atoms with Gasteiger partial charge >= 0.3 is 0 Å². The summed E-state index contributed by atoms with van der Waals surface area (Å²) in [5, 5.41) is 12.5. The molecule has 4 heteroatoms. The normalized spacial score (nSPS) is 24.1. The highest BCUT2D eigenvalue weighted by atomic mass is 16.3. The highest BCUT2D eigenvalue weighted by molar-refractivity contribution is 5.79. The molecule has 0 aliphatic heterocycles. The largest absolute Gasteiger partial charge is 0.508 e. The average Bonchev–Trinajstić information content (AvgIpc) is 2.47. The number of hydrogen-bond donors (Lipinski definition) is 3. The molecule has 2 rings (SSSR count). The van der Waals surface area contributed by atoms with Crippen LogP contribution >= 0.6 is 0 Å². The van der Waals surface area contributed by atoms with Crippen LogP contribution in [-0.4, -0.2) is 17.6 Å². The standard InChI is InChI=1S/C16H24N2O2/c1-11(12-6-4-7-14(19)9-12)18-16(20)15-8-3-2-5-13(15)10-17/h4,6-7,9,11,13,15,19H,2-3,5,8,10,17H2,1H3,(H,18,20). The lowest BCUT2D eigenvalue weighted by atomic mass is 9.78. The Morgan fingerprint density at radius 3 is 2.90 bits per heavy atom. The van der Waals surface area contributed by atoms with Gasteiger partial charge in [0.1, 0.15) is 5.75 Å². The molecule has 0 radical (unpaired) electrons. The first-order valence-corrected chi connectivity index (χ1v) is 7.41. The van der Waals surface area contributed by atoms with Crippen LogP contribution in [0.2, 0.25) is 0 Å². The molecular formula is C16H24N2O2. The summed E-state index contributed by atoms with van der Waals surface area (Å²) in [6.45, 7) is 2.52. The Kier molecular flexibility index (Phi) is 5.01. The number of amides is 1. The molecule has 4 N–H and O–H groups in total. The quantitative estimate of drug-likeness (QED) is 0.790. The predicted octanol–water partition coefficient (Wildman–Crippen LogP) is 2.33. The second-order valence-electron chi connectivity index (χ2n) is 5.71. The lowest BCUT2D eigenvalue weighted by Gasteiger charge is -2.30. The zero-order chi connectivity index (χ0) is 14.5. The Balaban J connectivity index is 1.99. The minimum absolute atomic E-state index is 0.0357. The Bertz CT molecular complexity index is 462. The topological polar surface area (TPSA) is 75.4 Å². The monoisotopic (exact) mass is 276 g/mol. The first kappa shape index (κ1) is 14.9. The first-order chi connectivity index (χ1) is 9.61. The number of carbonyl (C=O) groups is 1. The zero-order valence-corrected chi connectivity index (χ0v) is 12.0. The molecule has 0 heterocycles. The number of aromatic hydroxyl groups is 1. The molecule has 3 atom stereocenters. The number of carbonyl (C=O) groups excluding carboxylic acids is 1. The van der Waals surface area contributed by atoms with E-state index in [4.69, 9.17) is 5.73 Å². The number of rotatable bonds is 4. The molecule has 3 unspecified atom stereocenters. The van der Waals surface area contributed by atoms with Gasteiger partial charge in [-0.25, -0.2) is 0 Å². The molecule has 1 aromatic rings.